The van der Waals surface area contributed by atoms with E-state index in [0.29, 0.717) is 30.4 Å². The van der Waals surface area contributed by atoms with Crippen molar-refractivity contribution in [2.24, 2.45) is 17.3 Å². The van der Waals surface area contributed by atoms with E-state index in [1.54, 1.807) is 6.07 Å². The third-order valence-corrected chi connectivity index (χ3v) is 6.39. The van der Waals surface area contributed by atoms with Gasteiger partial charge in [0.05, 0.1) is 5.41 Å². The van der Waals surface area contributed by atoms with E-state index in [2.05, 4.69) is 0 Å². The number of aryl methyl sites for hydroxylation is 1. The highest BCUT2D eigenvalue weighted by molar-refractivity contribution is 5.87. The van der Waals surface area contributed by atoms with Gasteiger partial charge in [-0.05, 0) is 73.1 Å². The summed E-state index contributed by atoms with van der Waals surface area (Å²) in [5.74, 6) is 1.63. The van der Waals surface area contributed by atoms with Crippen LogP contribution in [-0.4, -0.2) is 17.6 Å². The van der Waals surface area contributed by atoms with Crippen molar-refractivity contribution >= 4 is 5.78 Å². The molecule has 0 bridgehead atoms. The van der Waals surface area contributed by atoms with E-state index < -0.39 is 12.1 Å². The Kier molecular flexibility index (Phi) is 2.88. The first kappa shape index (κ1) is 13.3. The van der Waals surface area contributed by atoms with Gasteiger partial charge in [-0.1, -0.05) is 6.07 Å². The molecule has 4 atom stereocenters. The van der Waals surface area contributed by atoms with Crippen LogP contribution in [0.1, 0.15) is 49.1 Å². The Bertz CT molecular complexity index is 597. The average Bonchev–Trinajstić information content (AvgIpc) is 2.84. The van der Waals surface area contributed by atoms with Crippen LogP contribution >= 0.6 is 0 Å². The van der Waals surface area contributed by atoms with Gasteiger partial charge < -0.3 is 5.11 Å². The number of benzene rings is 1. The molecule has 0 spiro atoms. The van der Waals surface area contributed by atoms with Crippen molar-refractivity contribution in [1.82, 2.24) is 0 Å². The Hall–Kier alpha value is -1.38. The van der Waals surface area contributed by atoms with Gasteiger partial charge in [0.15, 0.2) is 0 Å². The maximum atomic E-state index is 13.7. The van der Waals surface area contributed by atoms with E-state index in [1.165, 1.54) is 11.1 Å². The van der Waals surface area contributed by atoms with Gasteiger partial charge in [-0.2, -0.15) is 0 Å². The van der Waals surface area contributed by atoms with Gasteiger partial charge in [0.2, 0.25) is 0 Å². The second-order valence-electron chi connectivity index (χ2n) is 7.09. The Labute approximate surface area is 124 Å². The number of hydrogen-bond donors (Lipinski definition) is 1. The second kappa shape index (κ2) is 4.56. The van der Waals surface area contributed by atoms with Crippen molar-refractivity contribution < 1.29 is 14.3 Å². The number of carbonyl (C=O) groups is 1. The van der Waals surface area contributed by atoms with Crippen molar-refractivity contribution in [2.75, 3.05) is 6.67 Å². The van der Waals surface area contributed by atoms with Crippen molar-refractivity contribution in [3.63, 3.8) is 0 Å². The zero-order chi connectivity index (χ0) is 14.6. The fraction of sp³-hybridized carbons (Fsp3) is 0.611. The van der Waals surface area contributed by atoms with Crippen LogP contribution in [-0.2, 0) is 11.2 Å². The van der Waals surface area contributed by atoms with E-state index >= 15 is 0 Å². The number of phenolic OH excluding ortho intramolecular Hbond substituents is 1. The van der Waals surface area contributed by atoms with Gasteiger partial charge in [-0.3, -0.25) is 4.79 Å². The number of fused-ring (bicyclic) bond motifs is 5. The lowest BCUT2D eigenvalue weighted by atomic mass is 9.55. The van der Waals surface area contributed by atoms with Gasteiger partial charge >= 0.3 is 0 Å². The predicted molar refractivity (Wildman–Crippen MR) is 78.0 cm³/mol. The van der Waals surface area contributed by atoms with Gasteiger partial charge in [0, 0.05) is 6.42 Å². The van der Waals surface area contributed by atoms with Crippen molar-refractivity contribution in [3.8, 4) is 5.75 Å². The van der Waals surface area contributed by atoms with Crippen LogP contribution in [0.4, 0.5) is 4.39 Å². The molecule has 2 saturated carbocycles. The standard InChI is InChI=1S/C18H21FO2/c19-10-18-8-7-14-13-4-2-12(20)9-11(13)1-3-15(14)16(18)5-6-17(18)21/h2,4,9,14-16,20H,1,3,5-8,10H2/t14-,15-,16+,18-/m1/s1. The second-order valence-corrected chi connectivity index (χ2v) is 7.09. The van der Waals surface area contributed by atoms with E-state index in [4.69, 9.17) is 0 Å². The Morgan fingerprint density at radius 3 is 2.90 bits per heavy atom. The molecule has 3 aliphatic carbocycles. The topological polar surface area (TPSA) is 37.3 Å². The van der Waals surface area contributed by atoms with E-state index in [1.807, 2.05) is 12.1 Å². The molecule has 4 rings (SSSR count). The molecule has 0 amide bonds. The fourth-order valence-electron chi connectivity index (χ4n) is 5.40. The number of halogens is 1. The zero-order valence-electron chi connectivity index (χ0n) is 12.1. The number of ketones is 1. The number of carbonyl (C=O) groups excluding carboxylic acids is 1. The van der Waals surface area contributed by atoms with Crippen LogP contribution in [0.15, 0.2) is 18.2 Å². The quantitative estimate of drug-likeness (QED) is 0.854. The fourth-order valence-corrected chi connectivity index (χ4v) is 5.40. The summed E-state index contributed by atoms with van der Waals surface area (Å²) in [6, 6.07) is 5.68. The molecule has 2 nitrogen and oxygen atoms in total. The molecule has 1 aromatic carbocycles. The smallest absolute Gasteiger partial charge is 0.141 e. The van der Waals surface area contributed by atoms with Crippen LogP contribution in [0.3, 0.4) is 0 Å². The monoisotopic (exact) mass is 288 g/mol. The molecule has 3 heteroatoms. The van der Waals surface area contributed by atoms with Crippen LogP contribution in [0.2, 0.25) is 0 Å². The van der Waals surface area contributed by atoms with Gasteiger partial charge in [-0.25, -0.2) is 4.39 Å². The highest BCUT2D eigenvalue weighted by atomic mass is 19.1. The minimum Gasteiger partial charge on any atom is -0.508 e. The Morgan fingerprint density at radius 1 is 1.24 bits per heavy atom. The van der Waals surface area contributed by atoms with Crippen LogP contribution in [0.25, 0.3) is 0 Å². The van der Waals surface area contributed by atoms with Gasteiger partial charge in [0.1, 0.15) is 18.2 Å². The largest absolute Gasteiger partial charge is 0.508 e. The maximum Gasteiger partial charge on any atom is 0.141 e. The third kappa shape index (κ3) is 1.72. The predicted octanol–water partition coefficient (Wildman–Crippen LogP) is 3.77. The molecule has 2 fully saturated rings. The number of alkyl halides is 1. The minimum atomic E-state index is -0.657. The molecule has 1 N–H and O–H groups in total. The average molecular weight is 288 g/mol. The summed E-state index contributed by atoms with van der Waals surface area (Å²) in [6.07, 6.45) is 5.03. The lowest BCUT2D eigenvalue weighted by Crippen LogP contribution is -2.45. The van der Waals surface area contributed by atoms with E-state index in [0.717, 1.165) is 25.7 Å². The SMILES string of the molecule is O=C1CC[C@H]2[C@@H]3CCc4cc(O)ccc4[C@H]3CC[C@]12CF. The molecule has 0 aromatic heterocycles. The first-order valence-corrected chi connectivity index (χ1v) is 8.07. The first-order chi connectivity index (χ1) is 10.2. The normalized spacial score (nSPS) is 37.8. The van der Waals surface area contributed by atoms with Gasteiger partial charge in [0.25, 0.3) is 0 Å². The number of aromatic hydroxyl groups is 1. The molecule has 1 aromatic rings. The molecule has 0 heterocycles. The van der Waals surface area contributed by atoms with E-state index in [9.17, 15) is 14.3 Å². The maximum absolute atomic E-state index is 13.7. The van der Waals surface area contributed by atoms with Crippen LogP contribution in [0.5, 0.6) is 5.75 Å². The number of phenols is 1. The summed E-state index contributed by atoms with van der Waals surface area (Å²) >= 11 is 0. The van der Waals surface area contributed by atoms with Crippen molar-refractivity contribution in [2.45, 2.75) is 44.4 Å². The van der Waals surface area contributed by atoms with Gasteiger partial charge in [-0.15, -0.1) is 0 Å². The first-order valence-electron chi connectivity index (χ1n) is 8.07. The molecule has 3 aliphatic rings. The number of rotatable bonds is 1. The van der Waals surface area contributed by atoms with Crippen molar-refractivity contribution in [3.05, 3.63) is 29.3 Å². The summed E-state index contributed by atoms with van der Waals surface area (Å²) in [5, 5.41) is 9.65. The highest BCUT2D eigenvalue weighted by Gasteiger charge is 2.57. The Morgan fingerprint density at radius 2 is 2.10 bits per heavy atom. The molecule has 21 heavy (non-hydrogen) atoms. The Balaban J connectivity index is 1.73. The highest BCUT2D eigenvalue weighted by Crippen LogP contribution is 2.59. The lowest BCUT2D eigenvalue weighted by molar-refractivity contribution is -0.132. The minimum absolute atomic E-state index is 0.171. The number of hydrogen-bond acceptors (Lipinski definition) is 2. The van der Waals surface area contributed by atoms with Crippen molar-refractivity contribution in [1.29, 1.82) is 0 Å². The molecule has 0 saturated heterocycles. The number of Topliss-reactive ketones (excluding diaryl/α,β-unsaturated/α-hetero) is 1. The summed E-state index contributed by atoms with van der Waals surface area (Å²) in [6.45, 7) is -0.470. The van der Waals surface area contributed by atoms with Crippen LogP contribution < -0.4 is 0 Å². The molecule has 0 radical (unpaired) electrons. The summed E-state index contributed by atoms with van der Waals surface area (Å²) < 4.78 is 13.7. The third-order valence-electron chi connectivity index (χ3n) is 6.39. The molecular formula is C18H21FO2. The molecule has 112 valence electrons. The molecule has 0 aliphatic heterocycles. The zero-order valence-corrected chi connectivity index (χ0v) is 12.1. The summed E-state index contributed by atoms with van der Waals surface area (Å²) in [5.41, 5.74) is 1.92. The van der Waals surface area contributed by atoms with E-state index in [-0.39, 0.29) is 11.7 Å². The van der Waals surface area contributed by atoms with Crippen LogP contribution in [0, 0.1) is 17.3 Å². The summed E-state index contributed by atoms with van der Waals surface area (Å²) in [4.78, 5) is 12.3. The summed E-state index contributed by atoms with van der Waals surface area (Å²) in [7, 11) is 0. The lowest BCUT2D eigenvalue weighted by Gasteiger charge is -2.48. The molecule has 0 unspecified atom stereocenters. The molecular weight excluding hydrogens is 267 g/mol.